The number of thiol groups is 1. The molecule has 20 heavy (non-hydrogen) atoms. The van der Waals surface area contributed by atoms with Crippen LogP contribution >= 0.6 is 12.6 Å². The molecule has 0 aromatic heterocycles. The second-order valence-corrected chi connectivity index (χ2v) is 7.64. The third kappa shape index (κ3) is 8.55. The van der Waals surface area contributed by atoms with Gasteiger partial charge in [0.05, 0.1) is 5.75 Å². The Hall–Kier alpha value is -0.590. The SMILES string of the molecule is CC(C)(C)c1ccc(S)cc1.CCCCS(=O)(=O)OF. The average molecular weight is 322 g/mol. The minimum absolute atomic E-state index is 0.236. The monoisotopic (exact) mass is 322 g/mol. The molecule has 0 heterocycles. The number of halogens is 1. The van der Waals surface area contributed by atoms with Crippen LogP contribution < -0.4 is 0 Å². The van der Waals surface area contributed by atoms with Crippen LogP contribution in [0.1, 0.15) is 46.1 Å². The van der Waals surface area contributed by atoms with Crippen molar-refractivity contribution in [1.82, 2.24) is 0 Å². The van der Waals surface area contributed by atoms with E-state index in [2.05, 4.69) is 49.9 Å². The highest BCUT2D eigenvalue weighted by Crippen LogP contribution is 2.22. The maximum absolute atomic E-state index is 11.0. The predicted octanol–water partition coefficient (Wildman–Crippen LogP) is 4.29. The summed E-state index contributed by atoms with van der Waals surface area (Å²) in [6, 6.07) is 8.32. The van der Waals surface area contributed by atoms with Gasteiger partial charge in [0.1, 0.15) is 0 Å². The molecule has 1 rings (SSSR count). The van der Waals surface area contributed by atoms with Crippen molar-refractivity contribution < 1.29 is 17.3 Å². The normalized spacial score (nSPS) is 11.7. The van der Waals surface area contributed by atoms with Crippen molar-refractivity contribution in [1.29, 1.82) is 0 Å². The number of hydrogen-bond donors (Lipinski definition) is 1. The number of benzene rings is 1. The van der Waals surface area contributed by atoms with Crippen LogP contribution in [0.15, 0.2) is 29.2 Å². The third-order valence-electron chi connectivity index (χ3n) is 2.58. The molecule has 0 aliphatic rings. The molecule has 1 aromatic carbocycles. The molecule has 116 valence electrons. The van der Waals surface area contributed by atoms with Crippen molar-refractivity contribution in [2.24, 2.45) is 0 Å². The maximum atomic E-state index is 11.0. The Morgan fingerprint density at radius 1 is 1.20 bits per heavy atom. The summed E-state index contributed by atoms with van der Waals surface area (Å²) in [5, 5.41) is 0. The largest absolute Gasteiger partial charge is 0.297 e. The first-order chi connectivity index (χ1) is 9.12. The van der Waals surface area contributed by atoms with E-state index >= 15 is 0 Å². The third-order valence-corrected chi connectivity index (χ3v) is 3.86. The van der Waals surface area contributed by atoms with Gasteiger partial charge in [0.25, 0.3) is 10.1 Å². The fourth-order valence-electron chi connectivity index (χ4n) is 1.31. The van der Waals surface area contributed by atoms with E-state index in [1.54, 1.807) is 0 Å². The fourth-order valence-corrected chi connectivity index (χ4v) is 2.17. The second-order valence-electron chi connectivity index (χ2n) is 5.48. The summed E-state index contributed by atoms with van der Waals surface area (Å²) >= 11 is 4.23. The summed E-state index contributed by atoms with van der Waals surface area (Å²) in [7, 11) is -3.85. The summed E-state index contributed by atoms with van der Waals surface area (Å²) in [6.45, 7) is 8.44. The maximum Gasteiger partial charge on any atom is 0.297 e. The summed E-state index contributed by atoms with van der Waals surface area (Å²) in [6.07, 6.45) is 1.15. The highest BCUT2D eigenvalue weighted by atomic mass is 32.2. The van der Waals surface area contributed by atoms with Gasteiger partial charge in [-0.05, 0) is 34.1 Å². The lowest BCUT2D eigenvalue weighted by Gasteiger charge is -2.18. The van der Waals surface area contributed by atoms with Gasteiger partial charge < -0.3 is 0 Å². The Morgan fingerprint density at radius 3 is 2.05 bits per heavy atom. The summed E-state index contributed by atoms with van der Waals surface area (Å²) in [5.41, 5.74) is 1.61. The van der Waals surface area contributed by atoms with E-state index < -0.39 is 10.1 Å². The molecule has 0 radical (unpaired) electrons. The van der Waals surface area contributed by atoms with E-state index in [1.165, 1.54) is 5.56 Å². The molecule has 6 heteroatoms. The van der Waals surface area contributed by atoms with Crippen LogP contribution in [0, 0.1) is 0 Å². The number of rotatable bonds is 4. The predicted molar refractivity (Wildman–Crippen MR) is 83.3 cm³/mol. The van der Waals surface area contributed by atoms with E-state index in [4.69, 9.17) is 0 Å². The molecule has 0 spiro atoms. The van der Waals surface area contributed by atoms with Gasteiger partial charge in [-0.1, -0.05) is 50.6 Å². The lowest BCUT2D eigenvalue weighted by atomic mass is 9.87. The molecule has 0 fully saturated rings. The van der Waals surface area contributed by atoms with Crippen LogP contribution in [-0.2, 0) is 19.9 Å². The standard InChI is InChI=1S/C10H14S.C4H9FO3S/c1-10(2,3)8-4-6-9(11)7-5-8;1-2-3-4-9(6,7)8-5/h4-7,11H,1-3H3;2-4H2,1H3. The van der Waals surface area contributed by atoms with Gasteiger partial charge in [-0.3, -0.25) is 0 Å². The lowest BCUT2D eigenvalue weighted by Crippen LogP contribution is -2.10. The minimum Gasteiger partial charge on any atom is -0.197 e. The van der Waals surface area contributed by atoms with Gasteiger partial charge in [0.15, 0.2) is 0 Å². The van der Waals surface area contributed by atoms with Crippen LogP contribution in [0.3, 0.4) is 0 Å². The molecule has 0 amide bonds. The smallest absolute Gasteiger partial charge is 0.197 e. The quantitative estimate of drug-likeness (QED) is 0.841. The molecule has 0 unspecified atom stereocenters. The molecule has 0 aliphatic carbocycles. The number of unbranched alkanes of at least 4 members (excludes halogenated alkanes) is 1. The van der Waals surface area contributed by atoms with Crippen molar-refractivity contribution in [3.63, 3.8) is 0 Å². The fraction of sp³-hybridized carbons (Fsp3) is 0.571. The van der Waals surface area contributed by atoms with Gasteiger partial charge in [-0.15, -0.1) is 12.6 Å². The van der Waals surface area contributed by atoms with Crippen molar-refractivity contribution in [3.05, 3.63) is 29.8 Å². The molecule has 0 bridgehead atoms. The highest BCUT2D eigenvalue weighted by Gasteiger charge is 2.12. The topological polar surface area (TPSA) is 43.4 Å². The van der Waals surface area contributed by atoms with Crippen LogP contribution in [0.2, 0.25) is 0 Å². The zero-order valence-electron chi connectivity index (χ0n) is 12.4. The van der Waals surface area contributed by atoms with Gasteiger partial charge in [0.2, 0.25) is 0 Å². The van der Waals surface area contributed by atoms with E-state index in [-0.39, 0.29) is 11.2 Å². The molecular weight excluding hydrogens is 299 g/mol. The molecule has 3 nitrogen and oxygen atoms in total. The van der Waals surface area contributed by atoms with E-state index in [0.29, 0.717) is 12.8 Å². The molecule has 0 N–H and O–H groups in total. The van der Waals surface area contributed by atoms with Crippen molar-refractivity contribution in [3.8, 4) is 0 Å². The van der Waals surface area contributed by atoms with Crippen molar-refractivity contribution in [2.45, 2.75) is 50.8 Å². The van der Waals surface area contributed by atoms with Crippen LogP contribution in [0.4, 0.5) is 4.53 Å². The molecule has 0 saturated heterocycles. The molecule has 0 aliphatic heterocycles. The van der Waals surface area contributed by atoms with E-state index in [1.807, 2.05) is 19.1 Å². The summed E-state index contributed by atoms with van der Waals surface area (Å²) in [4.78, 5) is 1.03. The Morgan fingerprint density at radius 2 is 1.70 bits per heavy atom. The van der Waals surface area contributed by atoms with Gasteiger partial charge in [-0.25, -0.2) is 0 Å². The number of hydrogen-bond acceptors (Lipinski definition) is 4. The zero-order valence-corrected chi connectivity index (χ0v) is 14.1. The first kappa shape index (κ1) is 19.4. The van der Waals surface area contributed by atoms with Crippen molar-refractivity contribution >= 4 is 22.7 Å². The van der Waals surface area contributed by atoms with E-state index in [9.17, 15) is 12.9 Å². The zero-order chi connectivity index (χ0) is 15.8. The minimum atomic E-state index is -3.85. The van der Waals surface area contributed by atoms with Crippen LogP contribution in [0.5, 0.6) is 0 Å². The summed E-state index contributed by atoms with van der Waals surface area (Å²) in [5.74, 6) is -0.236. The molecule has 0 saturated carbocycles. The Kier molecular flexibility index (Phi) is 8.39. The van der Waals surface area contributed by atoms with Crippen LogP contribution in [-0.4, -0.2) is 14.2 Å². The Balaban J connectivity index is 0.000000370. The Labute approximate surface area is 127 Å². The van der Waals surface area contributed by atoms with Gasteiger partial charge >= 0.3 is 0 Å². The first-order valence-electron chi connectivity index (χ1n) is 6.45. The Bertz CT molecular complexity index is 476. The average Bonchev–Trinajstić information content (AvgIpc) is 2.37. The van der Waals surface area contributed by atoms with Crippen LogP contribution in [0.25, 0.3) is 0 Å². The lowest BCUT2D eigenvalue weighted by molar-refractivity contribution is 0.00290. The van der Waals surface area contributed by atoms with Gasteiger partial charge in [0, 0.05) is 4.90 Å². The molecule has 0 atom stereocenters. The van der Waals surface area contributed by atoms with Gasteiger partial charge in [-0.2, -0.15) is 8.42 Å². The highest BCUT2D eigenvalue weighted by molar-refractivity contribution is 7.86. The first-order valence-corrected chi connectivity index (χ1v) is 8.47. The summed E-state index contributed by atoms with van der Waals surface area (Å²) < 4.78 is 34.0. The van der Waals surface area contributed by atoms with E-state index in [0.717, 1.165) is 4.90 Å². The molecule has 1 aromatic rings. The molecular formula is C14H23FO3S2. The van der Waals surface area contributed by atoms with Crippen molar-refractivity contribution in [2.75, 3.05) is 5.75 Å². The second kappa shape index (κ2) is 8.64.